The molecule has 0 spiro atoms. The van der Waals surface area contributed by atoms with Crippen LogP contribution in [0.25, 0.3) is 0 Å². The lowest BCUT2D eigenvalue weighted by Gasteiger charge is -2.33. The molecule has 1 fully saturated rings. The van der Waals surface area contributed by atoms with Crippen LogP contribution in [-0.4, -0.2) is 59.1 Å². The predicted octanol–water partition coefficient (Wildman–Crippen LogP) is 3.30. The number of aromatic nitrogens is 2. The fraction of sp³-hybridized carbons (Fsp3) is 0.474. The summed E-state index contributed by atoms with van der Waals surface area (Å²) < 4.78 is 0. The van der Waals surface area contributed by atoms with Crippen LogP contribution in [-0.2, 0) is 16.3 Å². The van der Waals surface area contributed by atoms with Crippen molar-refractivity contribution in [1.29, 1.82) is 0 Å². The van der Waals surface area contributed by atoms with Gasteiger partial charge in [0.15, 0.2) is 0 Å². The molecule has 1 aromatic carbocycles. The van der Waals surface area contributed by atoms with E-state index in [0.29, 0.717) is 18.2 Å². The Morgan fingerprint density at radius 1 is 1.25 bits per heavy atom. The van der Waals surface area contributed by atoms with Gasteiger partial charge in [0, 0.05) is 38.7 Å². The Labute approximate surface area is 173 Å². The molecule has 3 rings (SSSR count). The van der Waals surface area contributed by atoms with Gasteiger partial charge < -0.3 is 15.1 Å². The molecule has 3 amide bonds. The van der Waals surface area contributed by atoms with Crippen LogP contribution in [0.4, 0.5) is 9.93 Å². The molecule has 1 aliphatic rings. The van der Waals surface area contributed by atoms with Gasteiger partial charge in [-0.3, -0.25) is 4.79 Å². The van der Waals surface area contributed by atoms with Gasteiger partial charge in [-0.25, -0.2) is 4.79 Å². The Balaban J connectivity index is 1.47. The number of nitrogens with one attached hydrogen (secondary N) is 1. The van der Waals surface area contributed by atoms with Gasteiger partial charge in [0.1, 0.15) is 5.01 Å². The zero-order valence-electron chi connectivity index (χ0n) is 16.1. The van der Waals surface area contributed by atoms with E-state index < -0.39 is 0 Å². The molecular weight excluding hydrogens is 394 g/mol. The van der Waals surface area contributed by atoms with Gasteiger partial charge >= 0.3 is 6.03 Å². The largest absolute Gasteiger partial charge is 0.331 e. The summed E-state index contributed by atoms with van der Waals surface area (Å²) in [5, 5.41) is 12.6. The van der Waals surface area contributed by atoms with E-state index in [1.54, 1.807) is 35.7 Å². The van der Waals surface area contributed by atoms with Crippen molar-refractivity contribution >= 4 is 40.2 Å². The molecule has 1 N–H and O–H groups in total. The van der Waals surface area contributed by atoms with Gasteiger partial charge in [-0.1, -0.05) is 41.7 Å². The highest BCUT2D eigenvalue weighted by atomic mass is 32.2. The number of rotatable bonds is 6. The molecule has 0 bridgehead atoms. The Morgan fingerprint density at radius 2 is 2.04 bits per heavy atom. The molecule has 0 radical (unpaired) electrons. The minimum absolute atomic E-state index is 0.0499. The van der Waals surface area contributed by atoms with Gasteiger partial charge in [-0.05, 0) is 18.4 Å². The third-order valence-corrected chi connectivity index (χ3v) is 6.52. The zero-order chi connectivity index (χ0) is 19.9. The number of urea groups is 1. The smallest absolute Gasteiger partial charge is 0.319 e. The van der Waals surface area contributed by atoms with E-state index in [0.717, 1.165) is 29.4 Å². The van der Waals surface area contributed by atoms with E-state index in [9.17, 15) is 9.59 Å². The average molecular weight is 420 g/mol. The standard InChI is InChI=1S/C19H25N5O2S2/c1-23(2)19(26)24-10-6-9-15(11-24)17(25)20-18-22-21-16(28-18)13-27-12-14-7-4-3-5-8-14/h3-5,7-8,15H,6,9-13H2,1-2H3,(H,20,22,25)/t15-/m1/s1. The van der Waals surface area contributed by atoms with Crippen LogP contribution < -0.4 is 5.32 Å². The minimum Gasteiger partial charge on any atom is -0.331 e. The number of carbonyl (C=O) groups excluding carboxylic acids is 2. The van der Waals surface area contributed by atoms with Crippen molar-refractivity contribution in [2.24, 2.45) is 5.92 Å². The van der Waals surface area contributed by atoms with Crippen LogP contribution in [0.2, 0.25) is 0 Å². The molecule has 7 nitrogen and oxygen atoms in total. The van der Waals surface area contributed by atoms with E-state index in [1.165, 1.54) is 16.9 Å². The Hall–Kier alpha value is -2.13. The van der Waals surface area contributed by atoms with Crippen molar-refractivity contribution in [3.63, 3.8) is 0 Å². The lowest BCUT2D eigenvalue weighted by Crippen LogP contribution is -2.47. The quantitative estimate of drug-likeness (QED) is 0.777. The maximum absolute atomic E-state index is 12.6. The average Bonchev–Trinajstić information content (AvgIpc) is 3.15. The second-order valence-corrected chi connectivity index (χ2v) is 8.98. The third kappa shape index (κ3) is 5.68. The SMILES string of the molecule is CN(C)C(=O)N1CCC[C@@H](C(=O)Nc2nnc(CSCc3ccccc3)s2)C1. The van der Waals surface area contributed by atoms with E-state index in [1.807, 2.05) is 18.2 Å². The maximum Gasteiger partial charge on any atom is 0.319 e. The topological polar surface area (TPSA) is 78.4 Å². The third-order valence-electron chi connectivity index (χ3n) is 4.48. The lowest BCUT2D eigenvalue weighted by atomic mass is 9.97. The van der Waals surface area contributed by atoms with Crippen LogP contribution in [0.1, 0.15) is 23.4 Å². The van der Waals surface area contributed by atoms with Crippen molar-refractivity contribution in [3.05, 3.63) is 40.9 Å². The Kier molecular flexibility index (Phi) is 7.27. The van der Waals surface area contributed by atoms with E-state index in [4.69, 9.17) is 0 Å². The predicted molar refractivity (Wildman–Crippen MR) is 113 cm³/mol. The molecule has 1 aliphatic heterocycles. The van der Waals surface area contributed by atoms with Gasteiger partial charge in [0.2, 0.25) is 11.0 Å². The summed E-state index contributed by atoms with van der Waals surface area (Å²) in [5.74, 6) is 1.38. The second kappa shape index (κ2) is 9.88. The lowest BCUT2D eigenvalue weighted by molar-refractivity contribution is -0.121. The fourth-order valence-corrected chi connectivity index (χ4v) is 4.83. The van der Waals surface area contributed by atoms with Crippen LogP contribution in [0, 0.1) is 5.92 Å². The minimum atomic E-state index is -0.211. The summed E-state index contributed by atoms with van der Waals surface area (Å²) in [6, 6.07) is 10.2. The van der Waals surface area contributed by atoms with Gasteiger partial charge in [0.05, 0.1) is 5.92 Å². The van der Waals surface area contributed by atoms with Crippen LogP contribution >= 0.6 is 23.1 Å². The molecule has 0 aliphatic carbocycles. The summed E-state index contributed by atoms with van der Waals surface area (Å²) in [6.07, 6.45) is 1.61. The number of anilines is 1. The monoisotopic (exact) mass is 419 g/mol. The molecule has 9 heteroatoms. The van der Waals surface area contributed by atoms with Crippen molar-refractivity contribution in [1.82, 2.24) is 20.0 Å². The number of hydrogen-bond donors (Lipinski definition) is 1. The molecule has 2 heterocycles. The van der Waals surface area contributed by atoms with Gasteiger partial charge in [-0.2, -0.15) is 0 Å². The van der Waals surface area contributed by atoms with Gasteiger partial charge in [0.25, 0.3) is 0 Å². The number of piperidine rings is 1. The highest BCUT2D eigenvalue weighted by Gasteiger charge is 2.29. The summed E-state index contributed by atoms with van der Waals surface area (Å²) in [7, 11) is 3.45. The highest BCUT2D eigenvalue weighted by molar-refractivity contribution is 7.97. The Bertz CT molecular complexity index is 797. The number of nitrogens with zero attached hydrogens (tertiary/aromatic N) is 4. The van der Waals surface area contributed by atoms with Crippen molar-refractivity contribution in [2.75, 3.05) is 32.5 Å². The zero-order valence-corrected chi connectivity index (χ0v) is 17.8. The van der Waals surface area contributed by atoms with E-state index in [2.05, 4.69) is 27.6 Å². The van der Waals surface area contributed by atoms with Crippen molar-refractivity contribution in [3.8, 4) is 0 Å². The Morgan fingerprint density at radius 3 is 2.79 bits per heavy atom. The van der Waals surface area contributed by atoms with Gasteiger partial charge in [-0.15, -0.1) is 22.0 Å². The molecule has 150 valence electrons. The second-order valence-electron chi connectivity index (χ2n) is 6.93. The summed E-state index contributed by atoms with van der Waals surface area (Å²) in [5.41, 5.74) is 1.28. The van der Waals surface area contributed by atoms with Crippen molar-refractivity contribution in [2.45, 2.75) is 24.3 Å². The van der Waals surface area contributed by atoms with Crippen LogP contribution in [0.5, 0.6) is 0 Å². The molecule has 1 atom stereocenters. The highest BCUT2D eigenvalue weighted by Crippen LogP contribution is 2.24. The molecule has 0 saturated carbocycles. The first kappa shape index (κ1) is 20.6. The first-order valence-corrected chi connectivity index (χ1v) is 11.2. The van der Waals surface area contributed by atoms with E-state index >= 15 is 0 Å². The van der Waals surface area contributed by atoms with Crippen LogP contribution in [0.3, 0.4) is 0 Å². The number of thioether (sulfide) groups is 1. The number of likely N-dealkylation sites (tertiary alicyclic amines) is 1. The normalized spacial score (nSPS) is 16.6. The summed E-state index contributed by atoms with van der Waals surface area (Å²) >= 11 is 3.18. The fourth-order valence-electron chi connectivity index (χ4n) is 3.05. The van der Waals surface area contributed by atoms with E-state index in [-0.39, 0.29) is 17.9 Å². The van der Waals surface area contributed by atoms with Crippen LogP contribution in [0.15, 0.2) is 30.3 Å². The molecule has 28 heavy (non-hydrogen) atoms. The number of carbonyl (C=O) groups is 2. The first-order valence-electron chi connectivity index (χ1n) is 9.24. The molecule has 0 unspecified atom stereocenters. The number of hydrogen-bond acceptors (Lipinski definition) is 6. The summed E-state index contributed by atoms with van der Waals surface area (Å²) in [4.78, 5) is 28.0. The first-order chi connectivity index (χ1) is 13.5. The molecule has 1 saturated heterocycles. The van der Waals surface area contributed by atoms with Crippen molar-refractivity contribution < 1.29 is 9.59 Å². The maximum atomic E-state index is 12.6. The molecule has 2 aromatic rings. The summed E-state index contributed by atoms with van der Waals surface area (Å²) in [6.45, 7) is 1.14. The molecular formula is C19H25N5O2S2. The number of amides is 3. The molecule has 1 aromatic heterocycles. The number of benzene rings is 1.